The van der Waals surface area contributed by atoms with Crippen molar-refractivity contribution in [2.45, 2.75) is 31.8 Å². The molecule has 0 aromatic heterocycles. The second-order valence-electron chi connectivity index (χ2n) is 5.49. The molecule has 1 aromatic carbocycles. The summed E-state index contributed by atoms with van der Waals surface area (Å²) in [6.45, 7) is 0.579. The molecule has 0 aliphatic heterocycles. The van der Waals surface area contributed by atoms with E-state index in [2.05, 4.69) is 0 Å². The number of aliphatic hydroxyl groups is 1. The van der Waals surface area contributed by atoms with Crippen LogP contribution in [0.2, 0.25) is 5.02 Å². The maximum Gasteiger partial charge on any atom is 0.226 e. The van der Waals surface area contributed by atoms with Gasteiger partial charge in [-0.1, -0.05) is 24.1 Å². The van der Waals surface area contributed by atoms with Crippen LogP contribution in [0.4, 0.5) is 0 Å². The van der Waals surface area contributed by atoms with Crippen molar-refractivity contribution < 1.29 is 15.0 Å². The van der Waals surface area contributed by atoms with Crippen LogP contribution in [0, 0.1) is 5.92 Å². The van der Waals surface area contributed by atoms with Gasteiger partial charge in [0.1, 0.15) is 5.75 Å². The fourth-order valence-corrected chi connectivity index (χ4v) is 2.90. The van der Waals surface area contributed by atoms with E-state index in [1.54, 1.807) is 18.0 Å². The molecule has 0 spiro atoms. The van der Waals surface area contributed by atoms with Crippen molar-refractivity contribution in [3.05, 3.63) is 28.8 Å². The highest BCUT2D eigenvalue weighted by Crippen LogP contribution is 2.26. The third kappa shape index (κ3) is 3.64. The first kappa shape index (κ1) is 15.1. The smallest absolute Gasteiger partial charge is 0.226 e. The van der Waals surface area contributed by atoms with Crippen LogP contribution in [0.25, 0.3) is 0 Å². The van der Waals surface area contributed by atoms with Crippen molar-refractivity contribution in [2.75, 3.05) is 13.6 Å². The standard InChI is InChI=1S/C15H20ClNO3/c1-17(9-11-3-2-4-14(11)19)15(20)7-10-5-6-12(18)8-13(10)16/h5-6,8,11,14,18-19H,2-4,7,9H2,1H3. The van der Waals surface area contributed by atoms with Crippen LogP contribution in [0.1, 0.15) is 24.8 Å². The molecule has 0 bridgehead atoms. The summed E-state index contributed by atoms with van der Waals surface area (Å²) in [5, 5.41) is 19.5. The minimum atomic E-state index is -0.289. The topological polar surface area (TPSA) is 60.8 Å². The van der Waals surface area contributed by atoms with E-state index in [0.717, 1.165) is 19.3 Å². The molecule has 0 radical (unpaired) electrons. The van der Waals surface area contributed by atoms with Gasteiger partial charge < -0.3 is 15.1 Å². The fourth-order valence-electron chi connectivity index (χ4n) is 2.66. The Morgan fingerprint density at radius 1 is 1.45 bits per heavy atom. The molecule has 5 heteroatoms. The molecule has 2 N–H and O–H groups in total. The van der Waals surface area contributed by atoms with Gasteiger partial charge in [0.2, 0.25) is 5.91 Å². The van der Waals surface area contributed by atoms with Crippen LogP contribution in [-0.2, 0) is 11.2 Å². The summed E-state index contributed by atoms with van der Waals surface area (Å²) in [6.07, 6.45) is 2.74. The SMILES string of the molecule is CN(CC1CCCC1O)C(=O)Cc1ccc(O)cc1Cl. The van der Waals surface area contributed by atoms with E-state index < -0.39 is 0 Å². The Morgan fingerprint density at radius 2 is 2.20 bits per heavy atom. The molecule has 1 aromatic rings. The molecule has 4 nitrogen and oxygen atoms in total. The summed E-state index contributed by atoms with van der Waals surface area (Å²) >= 11 is 6.00. The molecule has 1 saturated carbocycles. The third-order valence-corrected chi connectivity index (χ3v) is 4.28. The zero-order valence-corrected chi connectivity index (χ0v) is 12.3. The number of benzene rings is 1. The zero-order valence-electron chi connectivity index (χ0n) is 11.6. The van der Waals surface area contributed by atoms with E-state index in [0.29, 0.717) is 17.1 Å². The Kier molecular flexibility index (Phi) is 4.89. The molecule has 1 amide bonds. The van der Waals surface area contributed by atoms with Crippen molar-refractivity contribution in [1.29, 1.82) is 0 Å². The lowest BCUT2D eigenvalue weighted by Gasteiger charge is -2.23. The zero-order chi connectivity index (χ0) is 14.7. The molecule has 1 aliphatic carbocycles. The first-order chi connectivity index (χ1) is 9.47. The van der Waals surface area contributed by atoms with Crippen LogP contribution in [0.15, 0.2) is 18.2 Å². The summed E-state index contributed by atoms with van der Waals surface area (Å²) in [5.74, 6) is 0.240. The van der Waals surface area contributed by atoms with Gasteiger partial charge in [-0.3, -0.25) is 4.79 Å². The van der Waals surface area contributed by atoms with Gasteiger partial charge in [0.05, 0.1) is 12.5 Å². The maximum atomic E-state index is 12.2. The Bertz CT molecular complexity index is 492. The molecule has 2 atom stereocenters. The number of carbonyl (C=O) groups excluding carboxylic acids is 1. The van der Waals surface area contributed by atoms with Crippen molar-refractivity contribution in [3.8, 4) is 5.75 Å². The van der Waals surface area contributed by atoms with E-state index in [-0.39, 0.29) is 30.1 Å². The Morgan fingerprint density at radius 3 is 2.80 bits per heavy atom. The number of aromatic hydroxyl groups is 1. The van der Waals surface area contributed by atoms with Crippen LogP contribution in [0.5, 0.6) is 5.75 Å². The van der Waals surface area contributed by atoms with Crippen molar-refractivity contribution in [1.82, 2.24) is 4.90 Å². The van der Waals surface area contributed by atoms with E-state index in [1.165, 1.54) is 12.1 Å². The quantitative estimate of drug-likeness (QED) is 0.896. The van der Waals surface area contributed by atoms with E-state index in [9.17, 15) is 15.0 Å². The van der Waals surface area contributed by atoms with Crippen LogP contribution in [0.3, 0.4) is 0 Å². The summed E-state index contributed by atoms with van der Waals surface area (Å²) in [6, 6.07) is 4.62. The lowest BCUT2D eigenvalue weighted by atomic mass is 10.0. The highest BCUT2D eigenvalue weighted by atomic mass is 35.5. The van der Waals surface area contributed by atoms with Gasteiger partial charge in [-0.05, 0) is 30.5 Å². The lowest BCUT2D eigenvalue weighted by Crippen LogP contribution is -2.35. The number of phenolic OH excluding ortho intramolecular Hbond substituents is 1. The fraction of sp³-hybridized carbons (Fsp3) is 0.533. The molecular weight excluding hydrogens is 278 g/mol. The van der Waals surface area contributed by atoms with Gasteiger partial charge in [-0.15, -0.1) is 0 Å². The lowest BCUT2D eigenvalue weighted by molar-refractivity contribution is -0.130. The van der Waals surface area contributed by atoms with Crippen LogP contribution in [-0.4, -0.2) is 40.7 Å². The summed E-state index contributed by atoms with van der Waals surface area (Å²) in [7, 11) is 1.75. The van der Waals surface area contributed by atoms with Crippen LogP contribution >= 0.6 is 11.6 Å². The van der Waals surface area contributed by atoms with Gasteiger partial charge in [-0.2, -0.15) is 0 Å². The second kappa shape index (κ2) is 6.46. The molecule has 0 heterocycles. The second-order valence-corrected chi connectivity index (χ2v) is 5.89. The Hall–Kier alpha value is -1.26. The maximum absolute atomic E-state index is 12.2. The van der Waals surface area contributed by atoms with Gasteiger partial charge in [0.15, 0.2) is 0 Å². The van der Waals surface area contributed by atoms with Gasteiger partial charge >= 0.3 is 0 Å². The number of halogens is 1. The van der Waals surface area contributed by atoms with Gasteiger partial charge in [0.25, 0.3) is 0 Å². The number of aliphatic hydroxyl groups excluding tert-OH is 1. The molecular formula is C15H20ClNO3. The van der Waals surface area contributed by atoms with Crippen molar-refractivity contribution in [2.24, 2.45) is 5.92 Å². The first-order valence-electron chi connectivity index (χ1n) is 6.87. The monoisotopic (exact) mass is 297 g/mol. The highest BCUT2D eigenvalue weighted by molar-refractivity contribution is 6.31. The number of rotatable bonds is 4. The summed E-state index contributed by atoms with van der Waals surface area (Å²) < 4.78 is 0. The molecule has 20 heavy (non-hydrogen) atoms. The number of carbonyl (C=O) groups is 1. The van der Waals surface area contributed by atoms with Crippen molar-refractivity contribution in [3.63, 3.8) is 0 Å². The van der Waals surface area contributed by atoms with Crippen LogP contribution < -0.4 is 0 Å². The molecule has 0 saturated heterocycles. The Labute approximate surface area is 124 Å². The average molecular weight is 298 g/mol. The highest BCUT2D eigenvalue weighted by Gasteiger charge is 2.27. The third-order valence-electron chi connectivity index (χ3n) is 3.93. The number of likely N-dealkylation sites (N-methyl/N-ethyl adjacent to an activating group) is 1. The predicted molar refractivity (Wildman–Crippen MR) is 77.8 cm³/mol. The van der Waals surface area contributed by atoms with E-state index >= 15 is 0 Å². The normalized spacial score (nSPS) is 21.9. The van der Waals surface area contributed by atoms with Gasteiger partial charge in [0, 0.05) is 24.5 Å². The Balaban J connectivity index is 1.93. The van der Waals surface area contributed by atoms with E-state index in [4.69, 9.17) is 11.6 Å². The van der Waals surface area contributed by atoms with Crippen molar-refractivity contribution >= 4 is 17.5 Å². The minimum absolute atomic E-state index is 0.0308. The molecule has 1 fully saturated rings. The largest absolute Gasteiger partial charge is 0.508 e. The number of hydrogen-bond donors (Lipinski definition) is 2. The number of phenols is 1. The summed E-state index contributed by atoms with van der Waals surface area (Å²) in [4.78, 5) is 13.8. The number of nitrogens with zero attached hydrogens (tertiary/aromatic N) is 1. The minimum Gasteiger partial charge on any atom is -0.508 e. The van der Waals surface area contributed by atoms with Gasteiger partial charge in [-0.25, -0.2) is 0 Å². The number of amides is 1. The molecule has 110 valence electrons. The average Bonchev–Trinajstić information content (AvgIpc) is 2.78. The van der Waals surface area contributed by atoms with E-state index in [1.807, 2.05) is 0 Å². The summed E-state index contributed by atoms with van der Waals surface area (Å²) in [5.41, 5.74) is 0.702. The number of hydrogen-bond acceptors (Lipinski definition) is 3. The molecule has 1 aliphatic rings. The predicted octanol–water partition coefficient (Wildman–Crippen LogP) is 2.21. The molecule has 2 unspecified atom stereocenters. The first-order valence-corrected chi connectivity index (χ1v) is 7.24. The molecule has 2 rings (SSSR count).